The quantitative estimate of drug-likeness (QED) is 0.160. The number of amides is 6. The minimum Gasteiger partial charge on any atom is -0.372 e. The highest BCUT2D eigenvalue weighted by molar-refractivity contribution is 6.23. The summed E-state index contributed by atoms with van der Waals surface area (Å²) in [4.78, 5) is 80.0. The van der Waals surface area contributed by atoms with Crippen LogP contribution in [0.4, 0.5) is 22.1 Å². The van der Waals surface area contributed by atoms with E-state index in [0.29, 0.717) is 48.5 Å². The number of hydrogen-bond donors (Lipinski definition) is 3. The molecule has 4 aromatic rings. The second-order valence-corrected chi connectivity index (χ2v) is 17.5. The van der Waals surface area contributed by atoms with E-state index in [0.717, 1.165) is 84.2 Å². The van der Waals surface area contributed by atoms with Gasteiger partial charge < -0.3 is 30.1 Å². The van der Waals surface area contributed by atoms with Gasteiger partial charge in [-0.1, -0.05) is 24.3 Å². The Labute approximate surface area is 361 Å². The third-order valence-corrected chi connectivity index (χ3v) is 12.8. The number of rotatable bonds is 12. The molecule has 5 aliphatic heterocycles. The molecule has 15 nitrogen and oxygen atoms in total. The zero-order valence-corrected chi connectivity index (χ0v) is 35.4. The summed E-state index contributed by atoms with van der Waals surface area (Å²) in [5, 5.41) is 8.65. The minimum atomic E-state index is -0.966. The zero-order valence-electron chi connectivity index (χ0n) is 35.4. The summed E-state index contributed by atoms with van der Waals surface area (Å²) in [6.07, 6.45) is 4.35. The molecule has 6 amide bonds. The van der Waals surface area contributed by atoms with Crippen molar-refractivity contribution >= 4 is 47.0 Å². The van der Waals surface area contributed by atoms with Gasteiger partial charge in [0, 0.05) is 74.7 Å². The first-order chi connectivity index (χ1) is 29.9. The van der Waals surface area contributed by atoms with Gasteiger partial charge in [-0.2, -0.15) is 0 Å². The van der Waals surface area contributed by atoms with Crippen LogP contribution in [0.1, 0.15) is 82.9 Å². The van der Waals surface area contributed by atoms with Crippen LogP contribution in [0, 0.1) is 12.8 Å². The van der Waals surface area contributed by atoms with Gasteiger partial charge in [0.2, 0.25) is 17.8 Å². The average Bonchev–Trinajstić information content (AvgIpc) is 3.48. The van der Waals surface area contributed by atoms with Crippen molar-refractivity contribution in [2.24, 2.45) is 5.92 Å². The number of aromatic nitrogens is 2. The van der Waals surface area contributed by atoms with E-state index in [-0.39, 0.29) is 37.0 Å². The molecule has 5 aliphatic rings. The van der Waals surface area contributed by atoms with E-state index >= 15 is 0 Å². The number of benzene rings is 3. The van der Waals surface area contributed by atoms with Crippen LogP contribution in [0.3, 0.4) is 0 Å². The van der Waals surface area contributed by atoms with E-state index in [1.54, 1.807) is 23.2 Å². The number of likely N-dealkylation sites (tertiary alicyclic amines) is 2. The Morgan fingerprint density at radius 1 is 0.887 bits per heavy atom. The normalized spacial score (nSPS) is 20.0. The smallest absolute Gasteiger partial charge is 0.317 e. The maximum Gasteiger partial charge on any atom is 0.317 e. The van der Waals surface area contributed by atoms with Gasteiger partial charge in [0.15, 0.2) is 0 Å². The lowest BCUT2D eigenvalue weighted by Gasteiger charge is -2.43. The van der Waals surface area contributed by atoms with E-state index in [9.17, 15) is 24.0 Å². The molecule has 322 valence electrons. The number of nitrogens with one attached hydrogen (secondary N) is 3. The molecule has 4 fully saturated rings. The zero-order chi connectivity index (χ0) is 43.1. The number of carbonyl (C=O) groups excluding carboxylic acids is 5. The average molecular weight is 840 g/mol. The first-order valence-electron chi connectivity index (χ1n) is 21.8. The molecular formula is C47H53N9O6. The predicted molar refractivity (Wildman–Crippen MR) is 233 cm³/mol. The first kappa shape index (κ1) is 41.2. The van der Waals surface area contributed by atoms with Crippen LogP contribution in [0.25, 0.3) is 11.3 Å². The fourth-order valence-corrected chi connectivity index (χ4v) is 9.28. The van der Waals surface area contributed by atoms with Gasteiger partial charge >= 0.3 is 6.03 Å². The second kappa shape index (κ2) is 17.3. The molecular weight excluding hydrogens is 787 g/mol. The molecule has 15 heteroatoms. The van der Waals surface area contributed by atoms with E-state index in [1.165, 1.54) is 5.56 Å². The summed E-state index contributed by atoms with van der Waals surface area (Å²) in [7, 11) is 0. The number of nitrogens with zero attached hydrogens (tertiary/aromatic N) is 6. The highest BCUT2D eigenvalue weighted by Gasteiger charge is 2.45. The third-order valence-electron chi connectivity index (χ3n) is 12.8. The molecule has 4 saturated heterocycles. The Kier molecular flexibility index (Phi) is 11.5. The summed E-state index contributed by atoms with van der Waals surface area (Å²) in [5.74, 6) is -0.349. The SMILES string of the molecule is Cc1cc(-c2ccnc(Nc3ccc(C4CN(CC5CCN(c6ccc7c(c6)C(=O)N(C6CCC(=O)NC6=O)C7=O)CC5)C4)cc3)n2)ccc1CNC(=O)N1CC(OC(C)C)C1. The monoisotopic (exact) mass is 839 g/mol. The molecule has 3 aromatic carbocycles. The van der Waals surface area contributed by atoms with Crippen LogP contribution >= 0.6 is 0 Å². The van der Waals surface area contributed by atoms with Gasteiger partial charge in [-0.15, -0.1) is 0 Å². The Morgan fingerprint density at radius 3 is 2.37 bits per heavy atom. The Hall–Kier alpha value is -6.19. The van der Waals surface area contributed by atoms with E-state index < -0.39 is 23.8 Å². The van der Waals surface area contributed by atoms with Gasteiger partial charge in [-0.05, 0) is 105 Å². The number of ether oxygens (including phenoxy) is 1. The molecule has 6 heterocycles. The van der Waals surface area contributed by atoms with Crippen molar-refractivity contribution in [1.82, 2.24) is 35.3 Å². The number of carbonyl (C=O) groups is 5. The van der Waals surface area contributed by atoms with Crippen molar-refractivity contribution < 1.29 is 28.7 Å². The van der Waals surface area contributed by atoms with Crippen LogP contribution in [-0.4, -0.2) is 118 Å². The summed E-state index contributed by atoms with van der Waals surface area (Å²) >= 11 is 0. The van der Waals surface area contributed by atoms with Crippen molar-refractivity contribution in [3.8, 4) is 11.3 Å². The molecule has 0 aliphatic carbocycles. The van der Waals surface area contributed by atoms with Crippen molar-refractivity contribution in [2.45, 2.75) is 77.2 Å². The molecule has 0 radical (unpaired) electrons. The number of imide groups is 2. The number of hydrogen-bond acceptors (Lipinski definition) is 11. The third kappa shape index (κ3) is 8.64. The molecule has 0 bridgehead atoms. The van der Waals surface area contributed by atoms with Gasteiger partial charge in [-0.25, -0.2) is 14.8 Å². The van der Waals surface area contributed by atoms with Crippen molar-refractivity contribution in [3.05, 3.63) is 101 Å². The second-order valence-electron chi connectivity index (χ2n) is 17.5. The Morgan fingerprint density at radius 2 is 1.65 bits per heavy atom. The maximum absolute atomic E-state index is 13.3. The largest absolute Gasteiger partial charge is 0.372 e. The topological polar surface area (TPSA) is 169 Å². The van der Waals surface area contributed by atoms with Crippen LogP contribution in [0.15, 0.2) is 72.9 Å². The molecule has 3 N–H and O–H groups in total. The highest BCUT2D eigenvalue weighted by Crippen LogP contribution is 2.34. The van der Waals surface area contributed by atoms with E-state index in [2.05, 4.69) is 61.1 Å². The van der Waals surface area contributed by atoms with Crippen molar-refractivity contribution in [2.75, 3.05) is 56.0 Å². The van der Waals surface area contributed by atoms with E-state index in [4.69, 9.17) is 9.72 Å². The van der Waals surface area contributed by atoms with E-state index in [1.807, 2.05) is 45.0 Å². The molecule has 1 atom stereocenters. The number of anilines is 3. The van der Waals surface area contributed by atoms with Gasteiger partial charge in [0.25, 0.3) is 11.8 Å². The maximum atomic E-state index is 13.3. The lowest BCUT2D eigenvalue weighted by molar-refractivity contribution is -0.136. The standard InChI is InChI=1S/C47H53N9O6/c1-28(2)62-37-26-55(27-37)47(61)49-22-33-5-4-32(20-29(33)3)40-14-17-48-46(51-40)50-35-8-6-31(7-9-35)34-24-53(25-34)23-30-15-18-54(19-16-30)36-10-11-38-39(21-36)45(60)56(44(38)59)41-12-13-42(57)52-43(41)58/h4-11,14,17,20-21,28,30,34,37,41H,12-13,15-16,18-19,22-27H2,1-3H3,(H,49,61)(H,48,50,51)(H,52,57,58). The molecule has 62 heavy (non-hydrogen) atoms. The van der Waals surface area contributed by atoms with Crippen LogP contribution in [0.5, 0.6) is 0 Å². The molecule has 0 spiro atoms. The molecule has 1 aromatic heterocycles. The summed E-state index contributed by atoms with van der Waals surface area (Å²) in [5.41, 5.74) is 7.69. The molecule has 9 rings (SSSR count). The number of urea groups is 1. The van der Waals surface area contributed by atoms with Crippen LogP contribution in [0.2, 0.25) is 0 Å². The number of piperidine rings is 2. The number of fused-ring (bicyclic) bond motifs is 1. The minimum absolute atomic E-state index is 0.0720. The number of aryl methyl sites for hydroxylation is 1. The van der Waals surface area contributed by atoms with Gasteiger partial charge in [-0.3, -0.25) is 29.4 Å². The van der Waals surface area contributed by atoms with Crippen molar-refractivity contribution in [3.63, 3.8) is 0 Å². The Bertz CT molecular complexity index is 2390. The lowest BCUT2D eigenvalue weighted by Crippen LogP contribution is -2.58. The van der Waals surface area contributed by atoms with Crippen LogP contribution < -0.4 is 20.9 Å². The summed E-state index contributed by atoms with van der Waals surface area (Å²) in [6.45, 7) is 12.6. The predicted octanol–water partition coefficient (Wildman–Crippen LogP) is 5.23. The van der Waals surface area contributed by atoms with Crippen LogP contribution in [-0.2, 0) is 20.9 Å². The summed E-state index contributed by atoms with van der Waals surface area (Å²) in [6, 6.07) is 20.9. The van der Waals surface area contributed by atoms with Gasteiger partial charge in [0.05, 0.1) is 42.1 Å². The first-order valence-corrected chi connectivity index (χ1v) is 21.8. The fraction of sp³-hybridized carbons (Fsp3) is 0.426. The molecule has 0 saturated carbocycles. The Balaban J connectivity index is 0.714. The van der Waals surface area contributed by atoms with Crippen molar-refractivity contribution in [1.29, 1.82) is 0 Å². The fourth-order valence-electron chi connectivity index (χ4n) is 9.28. The summed E-state index contributed by atoms with van der Waals surface area (Å²) < 4.78 is 5.76. The highest BCUT2D eigenvalue weighted by atomic mass is 16.5. The van der Waals surface area contributed by atoms with Gasteiger partial charge in [0.1, 0.15) is 6.04 Å². The molecule has 1 unspecified atom stereocenters. The lowest BCUT2D eigenvalue weighted by atomic mass is 9.88.